The van der Waals surface area contributed by atoms with Crippen molar-refractivity contribution in [3.8, 4) is 22.5 Å². The van der Waals surface area contributed by atoms with Crippen molar-refractivity contribution in [3.05, 3.63) is 102 Å². The Bertz CT molecular complexity index is 1310. The SMILES string of the molecule is O=C(O)NCCCC(NC(=O)c1cccc(-c2cccc(Cl)c2)c1)c1ncc(-c2ccccc2)o1. The molecule has 0 aliphatic carbocycles. The third kappa shape index (κ3) is 6.49. The molecule has 0 spiro atoms. The first-order valence-electron chi connectivity index (χ1n) is 11.1. The standard InChI is InChI=1S/C27H24ClN3O4/c28-22-12-5-10-20(16-22)19-9-4-11-21(15-19)25(32)31-23(13-6-14-29-27(33)34)26-30-17-24(35-26)18-7-2-1-3-8-18/h1-5,7-12,15-17,23,29H,6,13-14H2,(H,31,32)(H,33,34). The molecule has 3 aromatic carbocycles. The number of aromatic nitrogens is 1. The molecule has 0 bridgehead atoms. The monoisotopic (exact) mass is 489 g/mol. The molecule has 3 N–H and O–H groups in total. The van der Waals surface area contributed by atoms with Crippen LogP contribution in [0.4, 0.5) is 4.79 Å². The molecule has 1 unspecified atom stereocenters. The number of carboxylic acid groups (broad SMARTS) is 1. The molecule has 4 aromatic rings. The summed E-state index contributed by atoms with van der Waals surface area (Å²) in [6.45, 7) is 0.248. The zero-order valence-corrected chi connectivity index (χ0v) is 19.5. The lowest BCUT2D eigenvalue weighted by Crippen LogP contribution is -2.30. The highest BCUT2D eigenvalue weighted by Gasteiger charge is 2.21. The predicted octanol–water partition coefficient (Wildman–Crippen LogP) is 6.18. The number of hydrogen-bond donors (Lipinski definition) is 3. The zero-order valence-electron chi connectivity index (χ0n) is 18.8. The number of benzene rings is 3. The summed E-state index contributed by atoms with van der Waals surface area (Å²) >= 11 is 6.12. The highest BCUT2D eigenvalue weighted by molar-refractivity contribution is 6.30. The van der Waals surface area contributed by atoms with Gasteiger partial charge in [-0.3, -0.25) is 4.79 Å². The number of rotatable bonds is 9. The molecule has 178 valence electrons. The molecule has 0 aliphatic rings. The average Bonchev–Trinajstić information content (AvgIpc) is 3.36. The number of oxazole rings is 1. The van der Waals surface area contributed by atoms with Gasteiger partial charge in [0, 0.05) is 22.7 Å². The molecule has 8 heteroatoms. The fraction of sp³-hybridized carbons (Fsp3) is 0.148. The number of carbonyl (C=O) groups excluding carboxylic acids is 1. The van der Waals surface area contributed by atoms with Crippen LogP contribution in [0.1, 0.15) is 35.1 Å². The van der Waals surface area contributed by atoms with Crippen molar-refractivity contribution in [2.45, 2.75) is 18.9 Å². The Balaban J connectivity index is 1.54. The number of amides is 2. The van der Waals surface area contributed by atoms with Gasteiger partial charge >= 0.3 is 6.09 Å². The van der Waals surface area contributed by atoms with E-state index in [9.17, 15) is 9.59 Å². The van der Waals surface area contributed by atoms with Crippen LogP contribution in [-0.4, -0.2) is 28.6 Å². The molecular formula is C27H24ClN3O4. The molecule has 0 radical (unpaired) electrons. The van der Waals surface area contributed by atoms with E-state index in [-0.39, 0.29) is 12.5 Å². The van der Waals surface area contributed by atoms with Gasteiger partial charge in [0.05, 0.1) is 6.20 Å². The molecule has 0 saturated carbocycles. The van der Waals surface area contributed by atoms with Crippen LogP contribution in [0.3, 0.4) is 0 Å². The Kier molecular flexibility index (Phi) is 7.80. The van der Waals surface area contributed by atoms with Crippen molar-refractivity contribution in [1.82, 2.24) is 15.6 Å². The summed E-state index contributed by atoms with van der Waals surface area (Å²) in [4.78, 5) is 28.4. The first kappa shape index (κ1) is 24.0. The fourth-order valence-corrected chi connectivity index (χ4v) is 3.88. The van der Waals surface area contributed by atoms with Gasteiger partial charge in [0.25, 0.3) is 5.91 Å². The lowest BCUT2D eigenvalue weighted by molar-refractivity contribution is 0.0927. The Hall–Kier alpha value is -4.10. The third-order valence-corrected chi connectivity index (χ3v) is 5.65. The van der Waals surface area contributed by atoms with E-state index in [4.69, 9.17) is 21.1 Å². The average molecular weight is 490 g/mol. The van der Waals surface area contributed by atoms with E-state index in [1.165, 1.54) is 0 Å². The first-order chi connectivity index (χ1) is 17.0. The summed E-state index contributed by atoms with van der Waals surface area (Å²) in [5.74, 6) is 0.662. The summed E-state index contributed by atoms with van der Waals surface area (Å²) in [7, 11) is 0. The molecule has 1 heterocycles. The van der Waals surface area contributed by atoms with Crippen molar-refractivity contribution in [3.63, 3.8) is 0 Å². The normalized spacial score (nSPS) is 11.6. The second kappa shape index (κ2) is 11.4. The van der Waals surface area contributed by atoms with Crippen molar-refractivity contribution in [2.24, 2.45) is 0 Å². The highest BCUT2D eigenvalue weighted by Crippen LogP contribution is 2.27. The van der Waals surface area contributed by atoms with Gasteiger partial charge < -0.3 is 20.2 Å². The molecule has 0 saturated heterocycles. The predicted molar refractivity (Wildman–Crippen MR) is 134 cm³/mol. The van der Waals surface area contributed by atoms with Crippen molar-refractivity contribution < 1.29 is 19.1 Å². The van der Waals surface area contributed by atoms with E-state index in [2.05, 4.69) is 15.6 Å². The van der Waals surface area contributed by atoms with Crippen molar-refractivity contribution >= 4 is 23.6 Å². The molecule has 1 aromatic heterocycles. The van der Waals surface area contributed by atoms with Gasteiger partial charge in [0.15, 0.2) is 5.76 Å². The molecule has 2 amide bonds. The van der Waals surface area contributed by atoms with E-state index in [1.807, 2.05) is 60.7 Å². The summed E-state index contributed by atoms with van der Waals surface area (Å²) < 4.78 is 5.98. The molecule has 35 heavy (non-hydrogen) atoms. The van der Waals surface area contributed by atoms with Crippen LogP contribution >= 0.6 is 11.6 Å². The van der Waals surface area contributed by atoms with Gasteiger partial charge in [-0.05, 0) is 48.2 Å². The van der Waals surface area contributed by atoms with Gasteiger partial charge in [-0.25, -0.2) is 9.78 Å². The lowest BCUT2D eigenvalue weighted by atomic mass is 10.0. The molecule has 7 nitrogen and oxygen atoms in total. The second-order valence-corrected chi connectivity index (χ2v) is 8.36. The smallest absolute Gasteiger partial charge is 0.404 e. The van der Waals surface area contributed by atoms with Crippen LogP contribution in [0, 0.1) is 0 Å². The minimum atomic E-state index is -1.09. The quantitative estimate of drug-likeness (QED) is 0.243. The maximum Gasteiger partial charge on any atom is 0.404 e. The molecule has 0 aliphatic heterocycles. The molecule has 0 fully saturated rings. The highest BCUT2D eigenvalue weighted by atomic mass is 35.5. The lowest BCUT2D eigenvalue weighted by Gasteiger charge is -2.16. The van der Waals surface area contributed by atoms with Crippen LogP contribution in [0.25, 0.3) is 22.5 Å². The third-order valence-electron chi connectivity index (χ3n) is 5.41. The van der Waals surface area contributed by atoms with E-state index in [1.54, 1.807) is 24.4 Å². The van der Waals surface area contributed by atoms with E-state index in [0.29, 0.717) is 35.1 Å². The Morgan fingerprint density at radius 2 is 1.66 bits per heavy atom. The van der Waals surface area contributed by atoms with Crippen LogP contribution in [0.15, 0.2) is 89.5 Å². The molecular weight excluding hydrogens is 466 g/mol. The number of nitrogens with zero attached hydrogens (tertiary/aromatic N) is 1. The van der Waals surface area contributed by atoms with Crippen molar-refractivity contribution in [1.29, 1.82) is 0 Å². The topological polar surface area (TPSA) is 104 Å². The van der Waals surface area contributed by atoms with Crippen molar-refractivity contribution in [2.75, 3.05) is 6.54 Å². The summed E-state index contributed by atoms with van der Waals surface area (Å²) in [6.07, 6.45) is 1.46. The second-order valence-electron chi connectivity index (χ2n) is 7.92. The maximum atomic E-state index is 13.2. The number of nitrogens with one attached hydrogen (secondary N) is 2. The van der Waals surface area contributed by atoms with Gasteiger partial charge in [0.2, 0.25) is 5.89 Å². The minimum absolute atomic E-state index is 0.248. The van der Waals surface area contributed by atoms with Crippen LogP contribution in [-0.2, 0) is 0 Å². The summed E-state index contributed by atoms with van der Waals surface area (Å²) in [6, 6.07) is 23.7. The van der Waals surface area contributed by atoms with Gasteiger partial charge in [-0.15, -0.1) is 0 Å². The number of halogens is 1. The van der Waals surface area contributed by atoms with Gasteiger partial charge in [0.1, 0.15) is 6.04 Å². The van der Waals surface area contributed by atoms with Gasteiger partial charge in [-0.1, -0.05) is 66.2 Å². The van der Waals surface area contributed by atoms with E-state index >= 15 is 0 Å². The Morgan fingerprint density at radius 1 is 0.943 bits per heavy atom. The van der Waals surface area contributed by atoms with Gasteiger partial charge in [-0.2, -0.15) is 0 Å². The number of carbonyl (C=O) groups is 2. The minimum Gasteiger partial charge on any atom is -0.465 e. The Labute approximate surface area is 207 Å². The largest absolute Gasteiger partial charge is 0.465 e. The maximum absolute atomic E-state index is 13.2. The first-order valence-corrected chi connectivity index (χ1v) is 11.5. The van der Waals surface area contributed by atoms with E-state index < -0.39 is 12.1 Å². The zero-order chi connectivity index (χ0) is 24.6. The van der Waals surface area contributed by atoms with E-state index in [0.717, 1.165) is 16.7 Å². The number of hydrogen-bond acceptors (Lipinski definition) is 4. The fourth-order valence-electron chi connectivity index (χ4n) is 3.69. The summed E-state index contributed by atoms with van der Waals surface area (Å²) in [5, 5.41) is 14.8. The van der Waals surface area contributed by atoms with Crippen LogP contribution in [0.2, 0.25) is 5.02 Å². The summed E-state index contributed by atoms with van der Waals surface area (Å²) in [5.41, 5.74) is 3.12. The Morgan fingerprint density at radius 3 is 2.40 bits per heavy atom. The molecule has 4 rings (SSSR count). The van der Waals surface area contributed by atoms with Crippen LogP contribution < -0.4 is 10.6 Å². The molecule has 1 atom stereocenters. The van der Waals surface area contributed by atoms with Crippen LogP contribution in [0.5, 0.6) is 0 Å².